The Morgan fingerprint density at radius 2 is 1.31 bits per heavy atom. The summed E-state index contributed by atoms with van der Waals surface area (Å²) in [5.74, 6) is 0. The lowest BCUT2D eigenvalue weighted by Gasteiger charge is -2.43. The molecule has 0 aliphatic rings. The molecular weight excluding hydrogens is 580 g/mol. The van der Waals surface area contributed by atoms with Crippen molar-refractivity contribution in [2.75, 3.05) is 6.61 Å². The minimum absolute atomic E-state index is 0.0948. The van der Waals surface area contributed by atoms with E-state index in [-0.39, 0.29) is 23.1 Å². The molecule has 0 aliphatic heterocycles. The van der Waals surface area contributed by atoms with Crippen LogP contribution in [0.1, 0.15) is 62.8 Å². The highest BCUT2D eigenvalue weighted by molar-refractivity contribution is 7.91. The average molecular weight is 621 g/mol. The summed E-state index contributed by atoms with van der Waals surface area (Å²) in [5, 5.41) is 11.2. The molecule has 4 rings (SSSR count). The first-order valence-corrected chi connectivity index (χ1v) is 18.4. The van der Waals surface area contributed by atoms with Crippen LogP contribution in [0.3, 0.4) is 0 Å². The predicted octanol–water partition coefficient (Wildman–Crippen LogP) is 7.48. The third kappa shape index (κ3) is 7.07. The second-order valence-electron chi connectivity index (χ2n) is 11.7. The number of sulfone groups is 1. The molecule has 4 aromatic rings. The van der Waals surface area contributed by atoms with Crippen molar-refractivity contribution in [1.82, 2.24) is 0 Å². The van der Waals surface area contributed by atoms with Crippen molar-refractivity contribution in [3.63, 3.8) is 0 Å². The minimum atomic E-state index is -3.73. The number of hydrogen-bond donors (Lipinski definition) is 1. The molecule has 0 amide bonds. The monoisotopic (exact) mass is 620 g/mol. The number of rotatable bonds is 13. The van der Waals surface area contributed by atoms with Gasteiger partial charge in [0.25, 0.3) is 8.32 Å². The lowest BCUT2D eigenvalue weighted by atomic mass is 10.0. The van der Waals surface area contributed by atoms with Crippen LogP contribution in [0.2, 0.25) is 10.1 Å². The van der Waals surface area contributed by atoms with Crippen LogP contribution in [-0.4, -0.2) is 28.4 Å². The molecule has 0 spiro atoms. The Morgan fingerprint density at radius 1 is 0.762 bits per heavy atom. The molecule has 0 radical (unpaired) electrons. The molecule has 0 saturated heterocycles. The van der Waals surface area contributed by atoms with Gasteiger partial charge in [-0.25, -0.2) is 8.42 Å². The van der Waals surface area contributed by atoms with Crippen LogP contribution in [0.4, 0.5) is 0 Å². The summed E-state index contributed by atoms with van der Waals surface area (Å²) in [4.78, 5) is 0.252. The molecule has 0 bridgehead atoms. The standard InChI is InChI=1S/C35H41ClO4SSi/c1-35(2,3)42(31-16-7-4-8-17-31,32-18-9-5-10-19-32)40-27-28-15-12-13-20-33(28)34(21-11-6-14-26-37)41(38,39)30-24-22-29(36)23-25-30/h4-5,7-10,12-13,15-20,22-25,34,37H,6,11,14,21,26-27H2,1-3H3. The fraction of sp³-hybridized carbons (Fsp3) is 0.314. The van der Waals surface area contributed by atoms with Crippen LogP contribution < -0.4 is 10.4 Å². The molecule has 222 valence electrons. The van der Waals surface area contributed by atoms with Gasteiger partial charge in [0.1, 0.15) is 0 Å². The van der Waals surface area contributed by atoms with Gasteiger partial charge in [-0.2, -0.15) is 0 Å². The SMILES string of the molecule is CC(C)(C)[Si](OCc1ccccc1C(CCCCCO)S(=O)(=O)c1ccc(Cl)cc1)(c1ccccc1)c1ccccc1. The van der Waals surface area contributed by atoms with Gasteiger partial charge >= 0.3 is 0 Å². The second-order valence-corrected chi connectivity index (χ2v) is 18.6. The third-order valence-corrected chi connectivity index (χ3v) is 15.3. The molecule has 7 heteroatoms. The van der Waals surface area contributed by atoms with Gasteiger partial charge < -0.3 is 9.53 Å². The first-order valence-electron chi connectivity index (χ1n) is 14.5. The Labute approximate surface area is 257 Å². The zero-order valence-electron chi connectivity index (χ0n) is 24.7. The van der Waals surface area contributed by atoms with Gasteiger partial charge in [-0.1, -0.05) is 130 Å². The Hall–Kier alpha value is -2.74. The summed E-state index contributed by atoms with van der Waals surface area (Å²) in [6.45, 7) is 7.09. The molecule has 0 aromatic heterocycles. The van der Waals surface area contributed by atoms with Crippen LogP contribution in [0, 0.1) is 0 Å². The van der Waals surface area contributed by atoms with Gasteiger partial charge in [0, 0.05) is 11.6 Å². The maximum Gasteiger partial charge on any atom is 0.261 e. The van der Waals surface area contributed by atoms with Crippen LogP contribution >= 0.6 is 11.6 Å². The Kier molecular flexibility index (Phi) is 10.8. The van der Waals surface area contributed by atoms with Crippen molar-refractivity contribution in [2.45, 2.75) is 68.2 Å². The van der Waals surface area contributed by atoms with Crippen molar-refractivity contribution in [1.29, 1.82) is 0 Å². The molecule has 0 fully saturated rings. The van der Waals surface area contributed by atoms with E-state index in [2.05, 4.69) is 69.3 Å². The van der Waals surface area contributed by atoms with E-state index in [0.29, 0.717) is 24.3 Å². The number of benzene rings is 4. The zero-order chi connectivity index (χ0) is 30.2. The van der Waals surface area contributed by atoms with E-state index >= 15 is 0 Å². The average Bonchev–Trinajstić information content (AvgIpc) is 2.98. The number of aliphatic hydroxyl groups is 1. The van der Waals surface area contributed by atoms with E-state index in [9.17, 15) is 13.5 Å². The van der Waals surface area contributed by atoms with Gasteiger partial charge in [0.15, 0.2) is 9.84 Å². The largest absolute Gasteiger partial charge is 0.403 e. The van der Waals surface area contributed by atoms with Crippen molar-refractivity contribution in [2.24, 2.45) is 0 Å². The molecule has 42 heavy (non-hydrogen) atoms. The molecule has 4 aromatic carbocycles. The van der Waals surface area contributed by atoms with Gasteiger partial charge in [-0.05, 0) is 63.6 Å². The van der Waals surface area contributed by atoms with Crippen molar-refractivity contribution < 1.29 is 18.0 Å². The molecule has 1 N–H and O–H groups in total. The van der Waals surface area contributed by atoms with Gasteiger partial charge in [0.05, 0.1) is 16.8 Å². The zero-order valence-corrected chi connectivity index (χ0v) is 27.2. The van der Waals surface area contributed by atoms with Crippen molar-refractivity contribution in [3.05, 3.63) is 125 Å². The van der Waals surface area contributed by atoms with E-state index in [1.807, 2.05) is 36.4 Å². The maximum absolute atomic E-state index is 14.1. The van der Waals surface area contributed by atoms with Crippen LogP contribution in [-0.2, 0) is 20.9 Å². The molecule has 1 unspecified atom stereocenters. The number of hydrogen-bond acceptors (Lipinski definition) is 4. The smallest absolute Gasteiger partial charge is 0.261 e. The van der Waals surface area contributed by atoms with Crippen molar-refractivity contribution in [3.8, 4) is 0 Å². The lowest BCUT2D eigenvalue weighted by molar-refractivity contribution is 0.281. The predicted molar refractivity (Wildman–Crippen MR) is 176 cm³/mol. The van der Waals surface area contributed by atoms with Crippen LogP contribution in [0.15, 0.2) is 114 Å². The van der Waals surface area contributed by atoms with E-state index in [0.717, 1.165) is 17.5 Å². The molecular formula is C35H41ClO4SSi. The van der Waals surface area contributed by atoms with Crippen LogP contribution in [0.5, 0.6) is 0 Å². The lowest BCUT2D eigenvalue weighted by Crippen LogP contribution is -2.66. The van der Waals surface area contributed by atoms with Gasteiger partial charge in [-0.15, -0.1) is 0 Å². The van der Waals surface area contributed by atoms with Gasteiger partial charge in [0.2, 0.25) is 0 Å². The molecule has 0 heterocycles. The minimum Gasteiger partial charge on any atom is -0.403 e. The molecule has 1 atom stereocenters. The summed E-state index contributed by atoms with van der Waals surface area (Å²) in [7, 11) is -6.57. The van der Waals surface area contributed by atoms with E-state index in [4.69, 9.17) is 16.0 Å². The number of aliphatic hydroxyl groups excluding tert-OH is 1. The fourth-order valence-electron chi connectivity index (χ4n) is 5.81. The summed E-state index contributed by atoms with van der Waals surface area (Å²) in [6, 6.07) is 35.1. The third-order valence-electron chi connectivity index (χ3n) is 7.90. The summed E-state index contributed by atoms with van der Waals surface area (Å²) < 4.78 is 35.5. The Bertz CT molecular complexity index is 1480. The second kappa shape index (κ2) is 14.2. The first kappa shape index (κ1) is 32.2. The number of halogens is 1. The highest BCUT2D eigenvalue weighted by atomic mass is 35.5. The van der Waals surface area contributed by atoms with Crippen molar-refractivity contribution >= 4 is 40.1 Å². The summed E-state index contributed by atoms with van der Waals surface area (Å²) >= 11 is 6.09. The van der Waals surface area contributed by atoms with Crippen LogP contribution in [0.25, 0.3) is 0 Å². The first-order chi connectivity index (χ1) is 20.1. The van der Waals surface area contributed by atoms with E-state index in [1.54, 1.807) is 24.3 Å². The molecule has 0 saturated carbocycles. The normalized spacial score (nSPS) is 13.2. The quantitative estimate of drug-likeness (QED) is 0.124. The fourth-order valence-corrected chi connectivity index (χ4v) is 12.4. The van der Waals surface area contributed by atoms with Gasteiger partial charge in [-0.3, -0.25) is 0 Å². The number of unbranched alkanes of at least 4 members (excludes halogenated alkanes) is 2. The molecule has 4 nitrogen and oxygen atoms in total. The maximum atomic E-state index is 14.1. The Morgan fingerprint density at radius 3 is 1.86 bits per heavy atom. The highest BCUT2D eigenvalue weighted by Gasteiger charge is 2.50. The highest BCUT2D eigenvalue weighted by Crippen LogP contribution is 2.39. The van der Waals surface area contributed by atoms with E-state index < -0.39 is 23.4 Å². The Balaban J connectivity index is 1.79. The topological polar surface area (TPSA) is 63.6 Å². The molecule has 0 aliphatic carbocycles. The van der Waals surface area contributed by atoms with E-state index in [1.165, 1.54) is 10.4 Å². The summed E-state index contributed by atoms with van der Waals surface area (Å²) in [5.41, 5.74) is 1.63. The summed E-state index contributed by atoms with van der Waals surface area (Å²) in [6.07, 6.45) is 2.53.